The van der Waals surface area contributed by atoms with Crippen LogP contribution in [0.5, 0.6) is 0 Å². The first-order valence-electron chi connectivity index (χ1n) is 10.0. The fraction of sp³-hybridized carbons (Fsp3) is 0.238. The monoisotopic (exact) mass is 516 g/mol. The SMILES string of the molecule is CCc1cnn(-c2c(F)cc(Cl)cc2-c2cnc(C(C)NC(=O)NNC(=O)C(F)(F)F)c(F)c2)c1. The Morgan fingerprint density at radius 1 is 1.11 bits per heavy atom. The summed E-state index contributed by atoms with van der Waals surface area (Å²) in [6.45, 7) is 3.22. The third-order valence-corrected chi connectivity index (χ3v) is 5.01. The van der Waals surface area contributed by atoms with Crippen molar-refractivity contribution in [2.24, 2.45) is 0 Å². The highest BCUT2D eigenvalue weighted by atomic mass is 35.5. The maximum absolute atomic E-state index is 14.9. The molecule has 8 nitrogen and oxygen atoms in total. The number of nitrogens with zero attached hydrogens (tertiary/aromatic N) is 3. The molecular weight excluding hydrogens is 499 g/mol. The minimum Gasteiger partial charge on any atom is -0.329 e. The van der Waals surface area contributed by atoms with Gasteiger partial charge in [-0.05, 0) is 37.1 Å². The van der Waals surface area contributed by atoms with Crippen molar-refractivity contribution in [1.29, 1.82) is 0 Å². The smallest absolute Gasteiger partial charge is 0.329 e. The van der Waals surface area contributed by atoms with E-state index in [4.69, 9.17) is 11.6 Å². The van der Waals surface area contributed by atoms with Crippen molar-refractivity contribution in [2.45, 2.75) is 32.5 Å². The number of aromatic nitrogens is 3. The van der Waals surface area contributed by atoms with Crippen molar-refractivity contribution in [3.05, 3.63) is 64.7 Å². The maximum atomic E-state index is 14.9. The molecule has 1 atom stereocenters. The second kappa shape index (κ2) is 10.3. The van der Waals surface area contributed by atoms with Gasteiger partial charge in [-0.25, -0.2) is 23.7 Å². The van der Waals surface area contributed by atoms with Gasteiger partial charge in [-0.2, -0.15) is 18.3 Å². The molecule has 0 aliphatic heterocycles. The van der Waals surface area contributed by atoms with Crippen LogP contribution in [0, 0.1) is 11.6 Å². The molecule has 2 heterocycles. The van der Waals surface area contributed by atoms with Gasteiger partial charge in [0.1, 0.15) is 11.5 Å². The average Bonchev–Trinajstić information content (AvgIpc) is 3.24. The van der Waals surface area contributed by atoms with Crippen LogP contribution in [0.2, 0.25) is 5.02 Å². The van der Waals surface area contributed by atoms with Crippen LogP contribution in [-0.2, 0) is 11.2 Å². The van der Waals surface area contributed by atoms with Gasteiger partial charge >= 0.3 is 18.1 Å². The molecule has 0 aliphatic carbocycles. The van der Waals surface area contributed by atoms with Crippen LogP contribution in [0.4, 0.5) is 26.7 Å². The van der Waals surface area contributed by atoms with Gasteiger partial charge in [-0.15, -0.1) is 0 Å². The van der Waals surface area contributed by atoms with Gasteiger partial charge in [0.05, 0.1) is 17.9 Å². The number of hydrogen-bond donors (Lipinski definition) is 3. The number of carbonyl (C=O) groups excluding carboxylic acids is 2. The van der Waals surface area contributed by atoms with E-state index in [2.05, 4.69) is 15.4 Å². The number of aryl methyl sites for hydroxylation is 1. The molecule has 1 unspecified atom stereocenters. The molecule has 3 amide bonds. The zero-order valence-electron chi connectivity index (χ0n) is 18.2. The first-order valence-corrected chi connectivity index (χ1v) is 10.4. The van der Waals surface area contributed by atoms with Gasteiger partial charge in [0, 0.05) is 28.5 Å². The molecule has 1 aromatic carbocycles. The number of hydrogen-bond acceptors (Lipinski definition) is 4. The molecule has 0 bridgehead atoms. The Labute approximate surface area is 200 Å². The summed E-state index contributed by atoms with van der Waals surface area (Å²) < 4.78 is 67.6. The van der Waals surface area contributed by atoms with Crippen LogP contribution >= 0.6 is 11.6 Å². The lowest BCUT2D eigenvalue weighted by Crippen LogP contribution is -2.51. The first-order chi connectivity index (χ1) is 16.4. The van der Waals surface area contributed by atoms with E-state index in [1.165, 1.54) is 34.7 Å². The number of halogens is 6. The largest absolute Gasteiger partial charge is 0.472 e. The molecule has 35 heavy (non-hydrogen) atoms. The predicted molar refractivity (Wildman–Crippen MR) is 115 cm³/mol. The van der Waals surface area contributed by atoms with Crippen LogP contribution in [0.15, 0.2) is 36.8 Å². The number of urea groups is 1. The number of nitrogens with one attached hydrogen (secondary N) is 3. The van der Waals surface area contributed by atoms with E-state index < -0.39 is 35.8 Å². The number of alkyl halides is 3. The third-order valence-electron chi connectivity index (χ3n) is 4.79. The summed E-state index contributed by atoms with van der Waals surface area (Å²) >= 11 is 6.01. The molecule has 0 radical (unpaired) electrons. The molecule has 0 fully saturated rings. The van der Waals surface area contributed by atoms with E-state index in [0.717, 1.165) is 17.7 Å². The topological polar surface area (TPSA) is 101 Å². The molecule has 2 aromatic heterocycles. The molecular formula is C21H18ClF5N6O2. The van der Waals surface area contributed by atoms with Crippen molar-refractivity contribution in [3.63, 3.8) is 0 Å². The Balaban J connectivity index is 1.84. The zero-order chi connectivity index (χ0) is 25.9. The van der Waals surface area contributed by atoms with Crippen LogP contribution in [0.25, 0.3) is 16.8 Å². The van der Waals surface area contributed by atoms with Crippen molar-refractivity contribution in [1.82, 2.24) is 30.9 Å². The van der Waals surface area contributed by atoms with Crippen LogP contribution in [-0.4, -0.2) is 32.9 Å². The molecule has 0 spiro atoms. The summed E-state index contributed by atoms with van der Waals surface area (Å²) in [7, 11) is 0. The molecule has 3 rings (SSSR count). The van der Waals surface area contributed by atoms with Gasteiger partial charge in [0.2, 0.25) is 0 Å². The van der Waals surface area contributed by atoms with Crippen LogP contribution in [0.3, 0.4) is 0 Å². The average molecular weight is 517 g/mol. The summed E-state index contributed by atoms with van der Waals surface area (Å²) in [5, 5.41) is 6.34. The fourth-order valence-electron chi connectivity index (χ4n) is 3.08. The molecule has 3 aromatic rings. The molecule has 186 valence electrons. The summed E-state index contributed by atoms with van der Waals surface area (Å²) in [6, 6.07) is 1.21. The minimum atomic E-state index is -5.20. The van der Waals surface area contributed by atoms with E-state index in [-0.39, 0.29) is 27.5 Å². The van der Waals surface area contributed by atoms with Gasteiger partial charge in [0.25, 0.3) is 0 Å². The number of rotatable bonds is 5. The van der Waals surface area contributed by atoms with E-state index in [1.54, 1.807) is 12.4 Å². The highest BCUT2D eigenvalue weighted by Crippen LogP contribution is 2.33. The van der Waals surface area contributed by atoms with Crippen LogP contribution < -0.4 is 16.2 Å². The van der Waals surface area contributed by atoms with Gasteiger partial charge in [-0.3, -0.25) is 15.2 Å². The molecule has 0 saturated carbocycles. The predicted octanol–water partition coefficient (Wildman–Crippen LogP) is 4.38. The lowest BCUT2D eigenvalue weighted by molar-refractivity contribution is -0.174. The Bertz CT molecular complexity index is 1260. The van der Waals surface area contributed by atoms with Crippen molar-refractivity contribution in [3.8, 4) is 16.8 Å². The van der Waals surface area contributed by atoms with Gasteiger partial charge in [-0.1, -0.05) is 18.5 Å². The first kappa shape index (κ1) is 25.9. The number of benzene rings is 1. The van der Waals surface area contributed by atoms with Crippen molar-refractivity contribution >= 4 is 23.5 Å². The zero-order valence-corrected chi connectivity index (χ0v) is 18.9. The lowest BCUT2D eigenvalue weighted by atomic mass is 10.0. The fourth-order valence-corrected chi connectivity index (χ4v) is 3.29. The minimum absolute atomic E-state index is 0.0222. The van der Waals surface area contributed by atoms with E-state index in [0.29, 0.717) is 6.42 Å². The van der Waals surface area contributed by atoms with Crippen molar-refractivity contribution < 1.29 is 31.5 Å². The number of amides is 3. The summed E-state index contributed by atoms with van der Waals surface area (Å²) in [4.78, 5) is 26.5. The quantitative estimate of drug-likeness (QED) is 0.346. The highest BCUT2D eigenvalue weighted by Gasteiger charge is 2.39. The molecule has 3 N–H and O–H groups in total. The summed E-state index contributed by atoms with van der Waals surface area (Å²) in [5.41, 5.74) is 3.63. The molecule has 0 saturated heterocycles. The van der Waals surface area contributed by atoms with Crippen LogP contribution in [0.1, 0.15) is 31.1 Å². The summed E-state index contributed by atoms with van der Waals surface area (Å²) in [5.74, 6) is -3.98. The molecule has 14 heteroatoms. The standard InChI is InChI=1S/C21H18ClF5N6O2/c1-3-11-7-29-33(9-11)18-14(5-13(22)6-16(18)24)12-4-15(23)17(28-8-12)10(2)30-20(35)32-31-19(34)21(25,26)27/h4-10H,3H2,1-2H3,(H,31,34)(H2,30,32,35). The Morgan fingerprint density at radius 3 is 2.43 bits per heavy atom. The normalized spacial score (nSPS) is 12.2. The molecule has 0 aliphatic rings. The van der Waals surface area contributed by atoms with E-state index in [9.17, 15) is 31.5 Å². The second-order valence-corrected chi connectivity index (χ2v) is 7.73. The second-order valence-electron chi connectivity index (χ2n) is 7.29. The number of pyridine rings is 1. The van der Waals surface area contributed by atoms with Gasteiger partial charge < -0.3 is 5.32 Å². The Kier molecular flexibility index (Phi) is 7.58. The van der Waals surface area contributed by atoms with Crippen molar-refractivity contribution in [2.75, 3.05) is 0 Å². The Morgan fingerprint density at radius 2 is 1.83 bits per heavy atom. The lowest BCUT2D eigenvalue weighted by Gasteiger charge is -2.17. The maximum Gasteiger partial charge on any atom is 0.472 e. The van der Waals surface area contributed by atoms with E-state index in [1.807, 2.05) is 6.92 Å². The van der Waals surface area contributed by atoms with Gasteiger partial charge in [0.15, 0.2) is 5.82 Å². The number of hydrazine groups is 1. The third kappa shape index (κ3) is 6.04. The highest BCUT2D eigenvalue weighted by molar-refractivity contribution is 6.31. The van der Waals surface area contributed by atoms with E-state index >= 15 is 0 Å². The Hall–Kier alpha value is -3.74. The summed E-state index contributed by atoms with van der Waals surface area (Å²) in [6.07, 6.45) is -0.132. The number of carbonyl (C=O) groups is 2.